The molecule has 1 aliphatic heterocycles. The van der Waals surface area contributed by atoms with E-state index in [9.17, 15) is 4.39 Å². The molecule has 0 amide bonds. The van der Waals surface area contributed by atoms with Crippen molar-refractivity contribution in [3.63, 3.8) is 0 Å². The van der Waals surface area contributed by atoms with Gasteiger partial charge in [-0.05, 0) is 37.8 Å². The molecular formula is C15H19ClFNO. The van der Waals surface area contributed by atoms with E-state index in [1.165, 1.54) is 18.9 Å². The van der Waals surface area contributed by atoms with Gasteiger partial charge in [0.15, 0.2) is 0 Å². The van der Waals surface area contributed by atoms with Crippen LogP contribution in [0.3, 0.4) is 0 Å². The van der Waals surface area contributed by atoms with Crippen molar-refractivity contribution in [3.8, 4) is 0 Å². The second-order valence-corrected chi connectivity index (χ2v) is 5.98. The third-order valence-electron chi connectivity index (χ3n) is 4.03. The SMILES string of the molecule is Fc1cccc(Cl)c1C[C@@H]1COCC[C@H]1NC1CC1. The van der Waals surface area contributed by atoms with Crippen LogP contribution in [0.1, 0.15) is 24.8 Å². The Kier molecular flexibility index (Phi) is 4.06. The Morgan fingerprint density at radius 1 is 1.32 bits per heavy atom. The standard InChI is InChI=1S/C15H19ClFNO/c16-13-2-1-3-14(17)12(13)8-10-9-19-7-6-15(10)18-11-4-5-11/h1-3,10-11,15,18H,4-9H2/t10-,15-/m1/s1. The molecule has 1 saturated carbocycles. The van der Waals surface area contributed by atoms with Crippen LogP contribution in [0.15, 0.2) is 18.2 Å². The predicted octanol–water partition coefficient (Wildman–Crippen LogP) is 3.18. The molecule has 1 heterocycles. The van der Waals surface area contributed by atoms with Crippen molar-refractivity contribution in [2.75, 3.05) is 13.2 Å². The Labute approximate surface area is 118 Å². The number of halogens is 2. The summed E-state index contributed by atoms with van der Waals surface area (Å²) in [5.74, 6) is 0.104. The maximum Gasteiger partial charge on any atom is 0.127 e. The van der Waals surface area contributed by atoms with Crippen LogP contribution in [-0.2, 0) is 11.2 Å². The van der Waals surface area contributed by atoms with Crippen molar-refractivity contribution in [2.45, 2.75) is 37.8 Å². The topological polar surface area (TPSA) is 21.3 Å². The lowest BCUT2D eigenvalue weighted by Gasteiger charge is -2.32. The average molecular weight is 284 g/mol. The molecule has 2 atom stereocenters. The van der Waals surface area contributed by atoms with E-state index in [0.29, 0.717) is 41.6 Å². The first-order chi connectivity index (χ1) is 9.24. The van der Waals surface area contributed by atoms with Gasteiger partial charge in [-0.25, -0.2) is 4.39 Å². The molecular weight excluding hydrogens is 265 g/mol. The maximum atomic E-state index is 13.9. The first-order valence-corrected chi connectivity index (χ1v) is 7.38. The van der Waals surface area contributed by atoms with Crippen LogP contribution in [0.4, 0.5) is 4.39 Å². The molecule has 1 saturated heterocycles. The predicted molar refractivity (Wildman–Crippen MR) is 74.0 cm³/mol. The van der Waals surface area contributed by atoms with Gasteiger partial charge in [-0.2, -0.15) is 0 Å². The van der Waals surface area contributed by atoms with Gasteiger partial charge in [0, 0.05) is 35.2 Å². The number of hydrogen-bond donors (Lipinski definition) is 1. The van der Waals surface area contributed by atoms with Crippen molar-refractivity contribution in [1.29, 1.82) is 0 Å². The van der Waals surface area contributed by atoms with Crippen LogP contribution < -0.4 is 5.32 Å². The molecule has 0 unspecified atom stereocenters. The van der Waals surface area contributed by atoms with E-state index in [-0.39, 0.29) is 5.82 Å². The van der Waals surface area contributed by atoms with E-state index in [1.54, 1.807) is 12.1 Å². The zero-order valence-corrected chi connectivity index (χ0v) is 11.6. The molecule has 2 fully saturated rings. The Bertz CT molecular complexity index is 430. The molecule has 4 heteroatoms. The van der Waals surface area contributed by atoms with Crippen LogP contribution in [-0.4, -0.2) is 25.3 Å². The Morgan fingerprint density at radius 2 is 2.16 bits per heavy atom. The van der Waals surface area contributed by atoms with Gasteiger partial charge in [0.2, 0.25) is 0 Å². The molecule has 2 nitrogen and oxygen atoms in total. The van der Waals surface area contributed by atoms with Crippen molar-refractivity contribution in [3.05, 3.63) is 34.6 Å². The summed E-state index contributed by atoms with van der Waals surface area (Å²) in [6.45, 7) is 1.49. The summed E-state index contributed by atoms with van der Waals surface area (Å²) in [6, 6.07) is 5.98. The smallest absolute Gasteiger partial charge is 0.127 e. The van der Waals surface area contributed by atoms with Crippen LogP contribution in [0, 0.1) is 11.7 Å². The minimum atomic E-state index is -0.205. The quantitative estimate of drug-likeness (QED) is 0.916. The summed E-state index contributed by atoms with van der Waals surface area (Å²) in [7, 11) is 0. The van der Waals surface area contributed by atoms with Gasteiger partial charge in [-0.3, -0.25) is 0 Å². The van der Waals surface area contributed by atoms with E-state index in [2.05, 4.69) is 5.32 Å². The average Bonchev–Trinajstić information content (AvgIpc) is 3.20. The third kappa shape index (κ3) is 3.28. The van der Waals surface area contributed by atoms with Crippen molar-refractivity contribution >= 4 is 11.6 Å². The van der Waals surface area contributed by atoms with Crippen LogP contribution in [0.5, 0.6) is 0 Å². The van der Waals surface area contributed by atoms with Crippen molar-refractivity contribution < 1.29 is 9.13 Å². The van der Waals surface area contributed by atoms with Crippen LogP contribution in [0.2, 0.25) is 5.02 Å². The Morgan fingerprint density at radius 3 is 2.89 bits per heavy atom. The monoisotopic (exact) mass is 283 g/mol. The van der Waals surface area contributed by atoms with Gasteiger partial charge in [-0.1, -0.05) is 17.7 Å². The lowest BCUT2D eigenvalue weighted by atomic mass is 9.89. The van der Waals surface area contributed by atoms with E-state index < -0.39 is 0 Å². The zero-order chi connectivity index (χ0) is 13.2. The molecule has 19 heavy (non-hydrogen) atoms. The molecule has 3 rings (SSSR count). The molecule has 104 valence electrons. The van der Waals surface area contributed by atoms with Crippen molar-refractivity contribution in [2.24, 2.45) is 5.92 Å². The number of benzene rings is 1. The zero-order valence-electron chi connectivity index (χ0n) is 10.9. The summed E-state index contributed by atoms with van der Waals surface area (Å²) >= 11 is 6.11. The summed E-state index contributed by atoms with van der Waals surface area (Å²) in [4.78, 5) is 0. The number of nitrogens with one attached hydrogen (secondary N) is 1. The minimum absolute atomic E-state index is 0.205. The minimum Gasteiger partial charge on any atom is -0.381 e. The van der Waals surface area contributed by atoms with Crippen LogP contribution in [0.25, 0.3) is 0 Å². The van der Waals surface area contributed by atoms with Gasteiger partial charge in [0.1, 0.15) is 5.82 Å². The Balaban J connectivity index is 1.71. The fourth-order valence-corrected chi connectivity index (χ4v) is 3.00. The first-order valence-electron chi connectivity index (χ1n) is 7.00. The van der Waals surface area contributed by atoms with E-state index in [4.69, 9.17) is 16.3 Å². The third-order valence-corrected chi connectivity index (χ3v) is 4.38. The van der Waals surface area contributed by atoms with Gasteiger partial charge < -0.3 is 10.1 Å². The number of rotatable bonds is 4. The molecule has 1 aromatic carbocycles. The lowest BCUT2D eigenvalue weighted by molar-refractivity contribution is 0.0314. The molecule has 0 bridgehead atoms. The highest BCUT2D eigenvalue weighted by molar-refractivity contribution is 6.31. The van der Waals surface area contributed by atoms with Gasteiger partial charge in [0.25, 0.3) is 0 Å². The fraction of sp³-hybridized carbons (Fsp3) is 0.600. The Hall–Kier alpha value is -0.640. The highest BCUT2D eigenvalue weighted by Gasteiger charge is 2.32. The normalized spacial score (nSPS) is 27.5. The maximum absolute atomic E-state index is 13.9. The highest BCUT2D eigenvalue weighted by atomic mass is 35.5. The van der Waals surface area contributed by atoms with E-state index in [0.717, 1.165) is 13.0 Å². The summed E-state index contributed by atoms with van der Waals surface area (Å²) < 4.78 is 19.4. The molecule has 0 spiro atoms. The van der Waals surface area contributed by atoms with Crippen molar-refractivity contribution in [1.82, 2.24) is 5.32 Å². The largest absolute Gasteiger partial charge is 0.381 e. The molecule has 1 aromatic rings. The molecule has 1 N–H and O–H groups in total. The van der Waals surface area contributed by atoms with Gasteiger partial charge >= 0.3 is 0 Å². The lowest BCUT2D eigenvalue weighted by Crippen LogP contribution is -2.44. The highest BCUT2D eigenvalue weighted by Crippen LogP contribution is 2.28. The van der Waals surface area contributed by atoms with Gasteiger partial charge in [0.05, 0.1) is 6.61 Å². The molecule has 0 radical (unpaired) electrons. The number of ether oxygens (including phenoxy) is 1. The second kappa shape index (κ2) is 5.78. The number of hydrogen-bond acceptors (Lipinski definition) is 2. The molecule has 2 aliphatic rings. The second-order valence-electron chi connectivity index (χ2n) is 5.58. The summed E-state index contributed by atoms with van der Waals surface area (Å²) in [5.41, 5.74) is 0.627. The summed E-state index contributed by atoms with van der Waals surface area (Å²) in [6.07, 6.45) is 4.19. The molecule has 0 aromatic heterocycles. The molecule has 1 aliphatic carbocycles. The summed E-state index contributed by atoms with van der Waals surface area (Å²) in [5, 5.41) is 4.18. The first kappa shape index (κ1) is 13.3. The fourth-order valence-electron chi connectivity index (χ4n) is 2.76. The van der Waals surface area contributed by atoms with E-state index >= 15 is 0 Å². The van der Waals surface area contributed by atoms with Crippen LogP contribution >= 0.6 is 11.6 Å². The van der Waals surface area contributed by atoms with E-state index in [1.807, 2.05) is 0 Å². The van der Waals surface area contributed by atoms with Gasteiger partial charge in [-0.15, -0.1) is 0 Å².